The van der Waals surface area contributed by atoms with E-state index in [1.807, 2.05) is 0 Å². The summed E-state index contributed by atoms with van der Waals surface area (Å²) in [6.45, 7) is 0.132. The van der Waals surface area contributed by atoms with Gasteiger partial charge in [-0.25, -0.2) is 4.39 Å². The van der Waals surface area contributed by atoms with Gasteiger partial charge in [-0.05, 0) is 36.8 Å². The summed E-state index contributed by atoms with van der Waals surface area (Å²) in [6.07, 6.45) is 1.32. The Kier molecular flexibility index (Phi) is 7.26. The molecule has 0 fully saturated rings. The lowest BCUT2D eigenvalue weighted by Gasteiger charge is -2.08. The van der Waals surface area contributed by atoms with Gasteiger partial charge >= 0.3 is 5.97 Å². The van der Waals surface area contributed by atoms with Gasteiger partial charge in [0.15, 0.2) is 12.4 Å². The highest BCUT2D eigenvalue weighted by Gasteiger charge is 2.12. The molecule has 148 valence electrons. The van der Waals surface area contributed by atoms with Crippen molar-refractivity contribution in [1.82, 2.24) is 10.6 Å². The number of ether oxygens (including phenoxy) is 1. The maximum atomic E-state index is 13.4. The minimum Gasteiger partial charge on any atom is -0.459 e. The molecule has 28 heavy (non-hydrogen) atoms. The maximum absolute atomic E-state index is 13.4. The van der Waals surface area contributed by atoms with Crippen molar-refractivity contribution in [3.05, 3.63) is 53.7 Å². The first-order valence-electron chi connectivity index (χ1n) is 8.15. The van der Waals surface area contributed by atoms with Gasteiger partial charge in [0.25, 0.3) is 11.8 Å². The van der Waals surface area contributed by atoms with Gasteiger partial charge in [0.05, 0.1) is 12.8 Å². The van der Waals surface area contributed by atoms with E-state index in [-0.39, 0.29) is 18.0 Å². The van der Waals surface area contributed by atoms with Gasteiger partial charge in [0, 0.05) is 5.69 Å². The lowest BCUT2D eigenvalue weighted by molar-refractivity contribution is -0.147. The predicted molar refractivity (Wildman–Crippen MR) is 94.8 cm³/mol. The number of anilines is 1. The number of hydrogen-bond acceptors (Lipinski definition) is 6. The first-order chi connectivity index (χ1) is 13.3. The van der Waals surface area contributed by atoms with Crippen LogP contribution in [-0.2, 0) is 19.1 Å². The normalized spacial score (nSPS) is 10.1. The SMILES string of the molecule is Cc1ccc(NC(=O)COC(=O)CNC(=O)CNC(=O)c2ccco2)cc1F. The van der Waals surface area contributed by atoms with E-state index in [9.17, 15) is 23.6 Å². The number of carbonyl (C=O) groups is 4. The molecular weight excluding hydrogens is 373 g/mol. The number of esters is 1. The van der Waals surface area contributed by atoms with Crippen molar-refractivity contribution in [1.29, 1.82) is 0 Å². The molecule has 3 N–H and O–H groups in total. The molecule has 0 unspecified atom stereocenters. The number of carbonyl (C=O) groups excluding carboxylic acids is 4. The molecule has 1 aromatic carbocycles. The summed E-state index contributed by atoms with van der Waals surface area (Å²) in [6, 6.07) is 7.11. The Morgan fingerprint density at radius 2 is 1.86 bits per heavy atom. The molecule has 0 aliphatic carbocycles. The highest BCUT2D eigenvalue weighted by molar-refractivity contribution is 5.95. The van der Waals surface area contributed by atoms with Crippen molar-refractivity contribution < 1.29 is 32.7 Å². The van der Waals surface area contributed by atoms with Crippen LogP contribution in [-0.4, -0.2) is 43.4 Å². The van der Waals surface area contributed by atoms with Crippen molar-refractivity contribution in [2.75, 3.05) is 25.0 Å². The second-order valence-electron chi connectivity index (χ2n) is 5.61. The van der Waals surface area contributed by atoms with Gasteiger partial charge < -0.3 is 25.1 Å². The van der Waals surface area contributed by atoms with E-state index >= 15 is 0 Å². The third-order valence-electron chi connectivity index (χ3n) is 3.40. The summed E-state index contributed by atoms with van der Waals surface area (Å²) in [5, 5.41) is 6.91. The zero-order valence-electron chi connectivity index (χ0n) is 14.9. The molecule has 0 saturated heterocycles. The average Bonchev–Trinajstić information content (AvgIpc) is 3.20. The van der Waals surface area contributed by atoms with Crippen LogP contribution in [0.5, 0.6) is 0 Å². The summed E-state index contributed by atoms with van der Waals surface area (Å²) in [4.78, 5) is 46.4. The number of rotatable bonds is 8. The van der Waals surface area contributed by atoms with Gasteiger partial charge in [-0.15, -0.1) is 0 Å². The van der Waals surface area contributed by atoms with Crippen LogP contribution >= 0.6 is 0 Å². The fourth-order valence-electron chi connectivity index (χ4n) is 1.95. The van der Waals surface area contributed by atoms with Crippen molar-refractivity contribution in [3.63, 3.8) is 0 Å². The molecule has 0 atom stereocenters. The standard InChI is InChI=1S/C18H18FN3O6/c1-11-4-5-12(7-13(11)19)22-16(24)10-28-17(25)9-20-15(23)8-21-18(26)14-3-2-6-27-14/h2-7H,8-10H2,1H3,(H,20,23)(H,21,26)(H,22,24). The molecule has 0 aliphatic heterocycles. The van der Waals surface area contributed by atoms with Gasteiger partial charge in [-0.3, -0.25) is 19.2 Å². The smallest absolute Gasteiger partial charge is 0.325 e. The lowest BCUT2D eigenvalue weighted by Crippen LogP contribution is -2.39. The molecule has 1 heterocycles. The van der Waals surface area contributed by atoms with Gasteiger partial charge in [0.2, 0.25) is 5.91 Å². The number of benzene rings is 1. The molecule has 10 heteroatoms. The van der Waals surface area contributed by atoms with Crippen LogP contribution in [0.15, 0.2) is 41.0 Å². The molecule has 0 spiro atoms. The van der Waals surface area contributed by atoms with Crippen LogP contribution in [0.4, 0.5) is 10.1 Å². The monoisotopic (exact) mass is 391 g/mol. The lowest BCUT2D eigenvalue weighted by atomic mass is 10.2. The topological polar surface area (TPSA) is 127 Å². The van der Waals surface area contributed by atoms with Gasteiger partial charge in [0.1, 0.15) is 12.4 Å². The summed E-state index contributed by atoms with van der Waals surface area (Å²) in [5.74, 6) is -3.14. The van der Waals surface area contributed by atoms with Crippen molar-refractivity contribution >= 4 is 29.4 Å². The second kappa shape index (κ2) is 9.86. The summed E-state index contributed by atoms with van der Waals surface area (Å²) < 4.78 is 23.0. The minimum atomic E-state index is -0.851. The predicted octanol–water partition coefficient (Wildman–Crippen LogP) is 0.755. The minimum absolute atomic E-state index is 0.0479. The van der Waals surface area contributed by atoms with Crippen LogP contribution < -0.4 is 16.0 Å². The number of halogens is 1. The maximum Gasteiger partial charge on any atom is 0.325 e. The molecule has 0 bridgehead atoms. The molecule has 0 radical (unpaired) electrons. The first-order valence-corrected chi connectivity index (χ1v) is 8.15. The third kappa shape index (κ3) is 6.56. The molecular formula is C18H18FN3O6. The van der Waals surface area contributed by atoms with Crippen molar-refractivity contribution in [2.24, 2.45) is 0 Å². The Balaban J connectivity index is 1.63. The highest BCUT2D eigenvalue weighted by atomic mass is 19.1. The first kappa shape index (κ1) is 20.6. The quantitative estimate of drug-likeness (QED) is 0.570. The van der Waals surface area contributed by atoms with Gasteiger partial charge in [-0.2, -0.15) is 0 Å². The van der Waals surface area contributed by atoms with Crippen LogP contribution in [0.25, 0.3) is 0 Å². The van der Waals surface area contributed by atoms with Gasteiger partial charge in [-0.1, -0.05) is 6.07 Å². The largest absolute Gasteiger partial charge is 0.459 e. The van der Waals surface area contributed by atoms with E-state index in [2.05, 4.69) is 16.0 Å². The Hall–Kier alpha value is -3.69. The van der Waals surface area contributed by atoms with Crippen LogP contribution in [0.2, 0.25) is 0 Å². The number of amides is 3. The van der Waals surface area contributed by atoms with E-state index in [1.54, 1.807) is 6.92 Å². The Morgan fingerprint density at radius 3 is 2.54 bits per heavy atom. The van der Waals surface area contributed by atoms with Crippen molar-refractivity contribution in [2.45, 2.75) is 6.92 Å². The molecule has 0 saturated carbocycles. The van der Waals surface area contributed by atoms with Crippen LogP contribution in [0.1, 0.15) is 16.1 Å². The van der Waals surface area contributed by atoms with E-state index in [4.69, 9.17) is 9.15 Å². The summed E-state index contributed by atoms with van der Waals surface area (Å²) in [5.41, 5.74) is 0.658. The average molecular weight is 391 g/mol. The Morgan fingerprint density at radius 1 is 1.07 bits per heavy atom. The van der Waals surface area contributed by atoms with Crippen molar-refractivity contribution in [3.8, 4) is 0 Å². The zero-order chi connectivity index (χ0) is 20.5. The fourth-order valence-corrected chi connectivity index (χ4v) is 1.95. The fraction of sp³-hybridized carbons (Fsp3) is 0.222. The molecule has 2 rings (SSSR count). The summed E-state index contributed by atoms with van der Waals surface area (Å²) >= 11 is 0. The Bertz CT molecular complexity index is 866. The molecule has 9 nitrogen and oxygen atoms in total. The number of furan rings is 1. The van der Waals surface area contributed by atoms with E-state index in [0.717, 1.165) is 6.07 Å². The van der Waals surface area contributed by atoms with E-state index < -0.39 is 42.7 Å². The van der Waals surface area contributed by atoms with Crippen LogP contribution in [0, 0.1) is 12.7 Å². The number of nitrogens with one attached hydrogen (secondary N) is 3. The molecule has 3 amide bonds. The van der Waals surface area contributed by atoms with E-state index in [0.29, 0.717) is 5.56 Å². The highest BCUT2D eigenvalue weighted by Crippen LogP contribution is 2.13. The molecule has 0 aliphatic rings. The van der Waals surface area contributed by atoms with E-state index in [1.165, 1.54) is 30.5 Å². The molecule has 1 aromatic heterocycles. The zero-order valence-corrected chi connectivity index (χ0v) is 14.9. The van der Waals surface area contributed by atoms with Crippen LogP contribution in [0.3, 0.4) is 0 Å². The number of hydrogen-bond donors (Lipinski definition) is 3. The Labute approximate surface area is 159 Å². The molecule has 2 aromatic rings. The number of aryl methyl sites for hydroxylation is 1. The third-order valence-corrected chi connectivity index (χ3v) is 3.40. The second-order valence-corrected chi connectivity index (χ2v) is 5.61. The summed E-state index contributed by atoms with van der Waals surface area (Å²) in [7, 11) is 0.